The van der Waals surface area contributed by atoms with Crippen molar-refractivity contribution >= 4 is 18.1 Å². The summed E-state index contributed by atoms with van der Waals surface area (Å²) < 4.78 is 33.1. The number of carbonyl (C=O) groups excluding carboxylic acids is 1. The van der Waals surface area contributed by atoms with E-state index >= 15 is 0 Å². The Hall–Kier alpha value is -4.95. The van der Waals surface area contributed by atoms with Gasteiger partial charge in [-0.05, 0) is 48.0 Å². The van der Waals surface area contributed by atoms with Gasteiger partial charge in [-0.3, -0.25) is 0 Å². The molecular formula is C36H39O17+. The topological polar surface area (TPSA) is 278 Å². The van der Waals surface area contributed by atoms with Gasteiger partial charge in [-0.25, -0.2) is 4.79 Å². The van der Waals surface area contributed by atoms with Crippen molar-refractivity contribution in [3.8, 4) is 28.7 Å². The first kappa shape index (κ1) is 37.8. The zero-order chi connectivity index (χ0) is 38.0. The Balaban J connectivity index is 1.26. The molecule has 3 aromatic carbocycles. The van der Waals surface area contributed by atoms with Crippen LogP contribution in [-0.2, 0) is 23.7 Å². The number of benzene rings is 3. The molecule has 284 valence electrons. The van der Waals surface area contributed by atoms with E-state index in [2.05, 4.69) is 4.74 Å². The van der Waals surface area contributed by atoms with Crippen molar-refractivity contribution < 1.29 is 84.3 Å². The normalized spacial score (nSPS) is 31.2. The first-order valence-electron chi connectivity index (χ1n) is 16.4. The van der Waals surface area contributed by atoms with Gasteiger partial charge in [0.05, 0.1) is 18.2 Å². The lowest BCUT2D eigenvalue weighted by molar-refractivity contribution is -0.296. The monoisotopic (exact) mass is 743 g/mol. The van der Waals surface area contributed by atoms with Gasteiger partial charge < -0.3 is 79.5 Å². The number of carbonyl (C=O) groups is 1. The van der Waals surface area contributed by atoms with Crippen LogP contribution in [0.1, 0.15) is 22.8 Å². The molecule has 0 spiro atoms. The molecule has 53 heavy (non-hydrogen) atoms. The van der Waals surface area contributed by atoms with Crippen molar-refractivity contribution in [3.05, 3.63) is 89.2 Å². The predicted molar refractivity (Wildman–Crippen MR) is 179 cm³/mol. The average molecular weight is 744 g/mol. The fourth-order valence-corrected chi connectivity index (χ4v) is 5.90. The van der Waals surface area contributed by atoms with Crippen molar-refractivity contribution in [1.82, 2.24) is 0 Å². The lowest BCUT2D eigenvalue weighted by atomic mass is 9.98. The molecule has 2 fully saturated rings. The lowest BCUT2D eigenvalue weighted by Crippen LogP contribution is -2.60. The molecule has 0 amide bonds. The Labute approximate surface area is 301 Å². The Morgan fingerprint density at radius 3 is 1.94 bits per heavy atom. The summed E-state index contributed by atoms with van der Waals surface area (Å²) in [5.74, 6) is -1.20. The van der Waals surface area contributed by atoms with Crippen molar-refractivity contribution in [2.75, 3.05) is 13.2 Å². The van der Waals surface area contributed by atoms with E-state index in [-0.39, 0.29) is 40.1 Å². The highest BCUT2D eigenvalue weighted by Crippen LogP contribution is 2.46. The summed E-state index contributed by atoms with van der Waals surface area (Å²) in [4.78, 5) is 12.4. The van der Waals surface area contributed by atoms with E-state index in [4.69, 9.17) is 23.7 Å². The van der Waals surface area contributed by atoms with E-state index in [1.165, 1.54) is 54.6 Å². The van der Waals surface area contributed by atoms with Crippen LogP contribution in [0.4, 0.5) is 0 Å². The molecule has 6 rings (SSSR count). The molecule has 2 saturated heterocycles. The van der Waals surface area contributed by atoms with Gasteiger partial charge >= 0.3 is 5.97 Å². The van der Waals surface area contributed by atoms with E-state index < -0.39 is 86.7 Å². The number of aromatic hydroxyl groups is 4. The molecule has 3 aliphatic rings. The van der Waals surface area contributed by atoms with Crippen molar-refractivity contribution in [2.45, 2.75) is 67.5 Å². The van der Waals surface area contributed by atoms with Crippen LogP contribution in [0.3, 0.4) is 0 Å². The van der Waals surface area contributed by atoms with Crippen LogP contribution in [0.5, 0.6) is 28.7 Å². The Morgan fingerprint density at radius 2 is 1.30 bits per heavy atom. The molecule has 3 heterocycles. The molecule has 0 bridgehead atoms. The van der Waals surface area contributed by atoms with Gasteiger partial charge in [0.1, 0.15) is 84.0 Å². The first-order valence-corrected chi connectivity index (χ1v) is 16.4. The fourth-order valence-electron chi connectivity index (χ4n) is 5.90. The van der Waals surface area contributed by atoms with E-state index in [0.717, 1.165) is 12.1 Å². The molecule has 17 nitrogen and oxygen atoms in total. The standard InChI is InChI=1S/C36H38O17/c37-14-25-28(42)30(44)32(46)35(52-25)50-23-12-20(40)11-22-21(23)13-24(34(49-22)17-4-8-19(39)9-5-17)51-36-33(47)31(45)29(43)26(53-36)15-48-27(41)10-3-16-1-6-18(38)7-2-16/h1-13,25-26,28-40,42-47H,14-15H2/p+1/b10-3+/t25-,26-,28-,29-,30+,31-,32-,33-,34?,35-,36-/m1/s1. The highest BCUT2D eigenvalue weighted by Gasteiger charge is 2.48. The van der Waals surface area contributed by atoms with Crippen molar-refractivity contribution in [3.63, 3.8) is 0 Å². The molecule has 11 atom stereocenters. The van der Waals surface area contributed by atoms with Crippen molar-refractivity contribution in [1.29, 1.82) is 0 Å². The number of hydrogen-bond acceptors (Lipinski definition) is 16. The maximum absolute atomic E-state index is 12.4. The number of phenols is 3. The maximum Gasteiger partial charge on any atom is 0.330 e. The predicted octanol–water partition coefficient (Wildman–Crippen LogP) is -0.600. The van der Waals surface area contributed by atoms with Gasteiger partial charge in [-0.2, -0.15) is 0 Å². The zero-order valence-electron chi connectivity index (χ0n) is 27.6. The van der Waals surface area contributed by atoms with Gasteiger partial charge in [-0.1, -0.05) is 12.1 Å². The summed E-state index contributed by atoms with van der Waals surface area (Å²) in [5.41, 5.74) is 1.19. The third kappa shape index (κ3) is 8.33. The smallest absolute Gasteiger partial charge is 0.330 e. The van der Waals surface area contributed by atoms with Crippen LogP contribution < -0.4 is 4.74 Å². The second-order valence-electron chi connectivity index (χ2n) is 12.5. The first-order chi connectivity index (χ1) is 25.3. The van der Waals surface area contributed by atoms with Gasteiger partial charge in [0.15, 0.2) is 5.76 Å². The van der Waals surface area contributed by atoms with Gasteiger partial charge in [-0.15, -0.1) is 0 Å². The average Bonchev–Trinajstić information content (AvgIpc) is 3.14. The minimum absolute atomic E-state index is 0.0345. The van der Waals surface area contributed by atoms with Crippen LogP contribution in [0.25, 0.3) is 12.2 Å². The van der Waals surface area contributed by atoms with Gasteiger partial charge in [0.2, 0.25) is 12.6 Å². The molecule has 11 N–H and O–H groups in total. The van der Waals surface area contributed by atoms with Crippen molar-refractivity contribution in [2.24, 2.45) is 0 Å². The number of aliphatic hydroxyl groups is 8. The summed E-state index contributed by atoms with van der Waals surface area (Å²) in [6.07, 6.45) is -13.6. The number of aliphatic hydroxyl groups excluding tert-OH is 7. The number of phenolic OH excluding ortho intramolecular Hbond substituents is 3. The number of hydrogen-bond donors (Lipinski definition) is 10. The number of esters is 1. The highest BCUT2D eigenvalue weighted by atomic mass is 16.7. The molecule has 3 aromatic rings. The molecule has 3 aliphatic heterocycles. The molecule has 17 heteroatoms. The van der Waals surface area contributed by atoms with E-state index in [1.54, 1.807) is 12.1 Å². The molecule has 0 aromatic heterocycles. The van der Waals surface area contributed by atoms with Gasteiger partial charge in [0, 0.05) is 18.2 Å². The third-order valence-corrected chi connectivity index (χ3v) is 8.85. The summed E-state index contributed by atoms with van der Waals surface area (Å²) >= 11 is 0. The van der Waals surface area contributed by atoms with E-state index in [0.29, 0.717) is 11.1 Å². The van der Waals surface area contributed by atoms with Crippen LogP contribution >= 0.6 is 0 Å². The van der Waals surface area contributed by atoms with Crippen LogP contribution in [-0.4, -0.2) is 136 Å². The molecular weight excluding hydrogens is 704 g/mol. The highest BCUT2D eigenvalue weighted by molar-refractivity contribution is 5.87. The Bertz CT molecular complexity index is 1790. The molecule has 0 radical (unpaired) electrons. The number of fused-ring (bicyclic) bond motifs is 1. The molecule has 1 unspecified atom stereocenters. The van der Waals surface area contributed by atoms with Crippen LogP contribution in [0, 0.1) is 0 Å². The molecule has 0 saturated carbocycles. The third-order valence-electron chi connectivity index (χ3n) is 8.85. The SMILES string of the molecule is O=C(/C=C/c1ccc(O)cc1)OC[C@H]1O[C@@H](OC2=Cc3c(O[C@@H]4O[C@H](CO)[C@@H](O)[C@H](O)[C@H]4O)cc(O)cc3[OH+]C2c2ccc(O)cc2)[C@H](O)[C@H](O)[C@@H]1O. The second kappa shape index (κ2) is 16.0. The number of ether oxygens (including phenoxy) is 6. The summed E-state index contributed by atoms with van der Waals surface area (Å²) in [6, 6.07) is 14.3. The zero-order valence-corrected chi connectivity index (χ0v) is 27.6. The quantitative estimate of drug-likeness (QED) is 0.0705. The second-order valence-corrected chi connectivity index (χ2v) is 12.5. The maximum atomic E-state index is 12.4. The lowest BCUT2D eigenvalue weighted by Gasteiger charge is -2.41. The summed E-state index contributed by atoms with van der Waals surface area (Å²) in [5, 5.41) is 103. The summed E-state index contributed by atoms with van der Waals surface area (Å²) in [7, 11) is 0. The minimum atomic E-state index is -1.83. The fraction of sp³-hybridized carbons (Fsp3) is 0.361. The Kier molecular flexibility index (Phi) is 11.4. The van der Waals surface area contributed by atoms with E-state index in [9.17, 15) is 55.9 Å². The number of rotatable bonds is 10. The Morgan fingerprint density at radius 1 is 0.717 bits per heavy atom. The summed E-state index contributed by atoms with van der Waals surface area (Å²) in [6.45, 7) is -1.28. The molecule has 0 aliphatic carbocycles. The minimum Gasteiger partial charge on any atom is -0.571 e. The van der Waals surface area contributed by atoms with Crippen LogP contribution in [0.2, 0.25) is 0 Å². The largest absolute Gasteiger partial charge is 0.571 e. The van der Waals surface area contributed by atoms with Gasteiger partial charge in [0.25, 0.3) is 11.9 Å². The van der Waals surface area contributed by atoms with E-state index in [1.807, 2.05) is 0 Å². The van der Waals surface area contributed by atoms with Crippen LogP contribution in [0.15, 0.2) is 72.5 Å².